The lowest BCUT2D eigenvalue weighted by molar-refractivity contribution is 0.252. The number of urea groups is 1. The molecule has 26 heavy (non-hydrogen) atoms. The standard InChI is InChI=1S/C19H18FN3O3/c1-25-17-4-2-3-15(11-17)23-19(24)21-10-9-16-12-26-18(22-16)13-5-7-14(20)8-6-13/h2-8,11-12H,9-10H2,1H3,(H2,21,23,24). The maximum absolute atomic E-state index is 12.9. The van der Waals surface area contributed by atoms with Gasteiger partial charge in [0.25, 0.3) is 0 Å². The normalized spacial score (nSPS) is 10.4. The number of nitrogens with one attached hydrogen (secondary N) is 2. The van der Waals surface area contributed by atoms with E-state index in [-0.39, 0.29) is 11.8 Å². The molecule has 0 bridgehead atoms. The third-order valence-electron chi connectivity index (χ3n) is 3.64. The highest BCUT2D eigenvalue weighted by atomic mass is 19.1. The van der Waals surface area contributed by atoms with E-state index in [4.69, 9.17) is 9.15 Å². The van der Waals surface area contributed by atoms with Crippen molar-refractivity contribution < 1.29 is 18.3 Å². The van der Waals surface area contributed by atoms with E-state index in [0.29, 0.717) is 41.6 Å². The van der Waals surface area contributed by atoms with Crippen LogP contribution in [0, 0.1) is 5.82 Å². The molecule has 0 aliphatic rings. The summed E-state index contributed by atoms with van der Waals surface area (Å²) in [6.45, 7) is 0.394. The van der Waals surface area contributed by atoms with Gasteiger partial charge in [-0.15, -0.1) is 0 Å². The molecule has 2 aromatic carbocycles. The third-order valence-corrected chi connectivity index (χ3v) is 3.64. The van der Waals surface area contributed by atoms with Crippen molar-refractivity contribution in [1.29, 1.82) is 0 Å². The van der Waals surface area contributed by atoms with Crippen LogP contribution < -0.4 is 15.4 Å². The minimum absolute atomic E-state index is 0.313. The zero-order chi connectivity index (χ0) is 18.4. The van der Waals surface area contributed by atoms with Crippen LogP contribution in [0.3, 0.4) is 0 Å². The number of methoxy groups -OCH3 is 1. The number of amides is 2. The Morgan fingerprint density at radius 3 is 2.81 bits per heavy atom. The van der Waals surface area contributed by atoms with E-state index in [1.165, 1.54) is 18.4 Å². The largest absolute Gasteiger partial charge is 0.497 e. The number of hydrogen-bond donors (Lipinski definition) is 2. The predicted molar refractivity (Wildman–Crippen MR) is 95.6 cm³/mol. The molecule has 0 atom stereocenters. The number of carbonyl (C=O) groups is 1. The summed E-state index contributed by atoms with van der Waals surface area (Å²) in [5.41, 5.74) is 2.04. The summed E-state index contributed by atoms with van der Waals surface area (Å²) in [7, 11) is 1.57. The summed E-state index contributed by atoms with van der Waals surface area (Å²) in [5.74, 6) is 0.770. The van der Waals surface area contributed by atoms with Crippen molar-refractivity contribution in [1.82, 2.24) is 10.3 Å². The Kier molecular flexibility index (Phi) is 5.48. The molecule has 3 rings (SSSR count). The van der Waals surface area contributed by atoms with Crippen molar-refractivity contribution in [3.63, 3.8) is 0 Å². The quantitative estimate of drug-likeness (QED) is 0.704. The number of hydrogen-bond acceptors (Lipinski definition) is 4. The summed E-state index contributed by atoms with van der Waals surface area (Å²) in [6.07, 6.45) is 2.04. The van der Waals surface area contributed by atoms with E-state index in [9.17, 15) is 9.18 Å². The molecule has 3 aromatic rings. The highest BCUT2D eigenvalue weighted by Crippen LogP contribution is 2.19. The molecule has 0 aliphatic heterocycles. The van der Waals surface area contributed by atoms with E-state index in [0.717, 1.165) is 0 Å². The molecule has 0 saturated heterocycles. The second-order valence-electron chi connectivity index (χ2n) is 5.51. The number of ether oxygens (including phenoxy) is 1. The topological polar surface area (TPSA) is 76.4 Å². The summed E-state index contributed by atoms with van der Waals surface area (Å²) in [5, 5.41) is 5.48. The Balaban J connectivity index is 1.48. The van der Waals surface area contributed by atoms with Crippen LogP contribution in [0.2, 0.25) is 0 Å². The van der Waals surface area contributed by atoms with Crippen molar-refractivity contribution in [2.24, 2.45) is 0 Å². The lowest BCUT2D eigenvalue weighted by Crippen LogP contribution is -2.30. The monoisotopic (exact) mass is 355 g/mol. The van der Waals surface area contributed by atoms with Gasteiger partial charge in [-0.05, 0) is 36.4 Å². The van der Waals surface area contributed by atoms with Crippen molar-refractivity contribution in [3.8, 4) is 17.2 Å². The number of aromatic nitrogens is 1. The molecule has 2 N–H and O–H groups in total. The van der Waals surface area contributed by atoms with Crippen LogP contribution in [0.15, 0.2) is 59.2 Å². The number of carbonyl (C=O) groups excluding carboxylic acids is 1. The van der Waals surface area contributed by atoms with Crippen LogP contribution in [-0.4, -0.2) is 24.7 Å². The maximum atomic E-state index is 12.9. The van der Waals surface area contributed by atoms with Gasteiger partial charge in [-0.2, -0.15) is 0 Å². The number of nitrogens with zero attached hydrogens (tertiary/aromatic N) is 1. The van der Waals surface area contributed by atoms with Gasteiger partial charge in [0, 0.05) is 30.3 Å². The van der Waals surface area contributed by atoms with Gasteiger partial charge in [0.1, 0.15) is 17.8 Å². The van der Waals surface area contributed by atoms with Gasteiger partial charge >= 0.3 is 6.03 Å². The Bertz CT molecular complexity index is 878. The van der Waals surface area contributed by atoms with Crippen LogP contribution in [0.5, 0.6) is 5.75 Å². The molecular weight excluding hydrogens is 337 g/mol. The van der Waals surface area contributed by atoms with E-state index >= 15 is 0 Å². The minimum Gasteiger partial charge on any atom is -0.497 e. The second-order valence-corrected chi connectivity index (χ2v) is 5.51. The Hall–Kier alpha value is -3.35. The molecule has 1 aromatic heterocycles. The van der Waals surface area contributed by atoms with Crippen molar-refractivity contribution >= 4 is 11.7 Å². The van der Waals surface area contributed by atoms with Crippen molar-refractivity contribution in [3.05, 3.63) is 66.3 Å². The van der Waals surface area contributed by atoms with Gasteiger partial charge in [-0.25, -0.2) is 14.2 Å². The van der Waals surface area contributed by atoms with Crippen LogP contribution in [0.1, 0.15) is 5.69 Å². The van der Waals surface area contributed by atoms with E-state index < -0.39 is 0 Å². The van der Waals surface area contributed by atoms with Gasteiger partial charge in [0.05, 0.1) is 12.8 Å². The molecule has 134 valence electrons. The van der Waals surface area contributed by atoms with Gasteiger partial charge in [0.2, 0.25) is 5.89 Å². The van der Waals surface area contributed by atoms with Gasteiger partial charge in [0.15, 0.2) is 0 Å². The summed E-state index contributed by atoms with van der Waals surface area (Å²) in [4.78, 5) is 16.3. The first-order chi connectivity index (χ1) is 12.6. The third kappa shape index (κ3) is 4.60. The predicted octanol–water partition coefficient (Wildman–Crippen LogP) is 3.85. The smallest absolute Gasteiger partial charge is 0.319 e. The molecule has 1 heterocycles. The Morgan fingerprint density at radius 1 is 1.23 bits per heavy atom. The first-order valence-electron chi connectivity index (χ1n) is 8.03. The Morgan fingerprint density at radius 2 is 2.04 bits per heavy atom. The average Bonchev–Trinajstić information content (AvgIpc) is 3.11. The Labute approximate surface area is 150 Å². The summed E-state index contributed by atoms with van der Waals surface area (Å²) < 4.78 is 23.4. The summed E-state index contributed by atoms with van der Waals surface area (Å²) >= 11 is 0. The molecule has 7 heteroatoms. The molecule has 0 aliphatic carbocycles. The van der Waals surface area contributed by atoms with Crippen LogP contribution in [-0.2, 0) is 6.42 Å². The second kappa shape index (κ2) is 8.15. The number of halogens is 1. The van der Waals surface area contributed by atoms with Gasteiger partial charge in [-0.3, -0.25) is 0 Å². The van der Waals surface area contributed by atoms with Crippen molar-refractivity contribution in [2.75, 3.05) is 19.0 Å². The maximum Gasteiger partial charge on any atom is 0.319 e. The SMILES string of the molecule is COc1cccc(NC(=O)NCCc2coc(-c3ccc(F)cc3)n2)c1. The number of benzene rings is 2. The van der Waals surface area contributed by atoms with Crippen LogP contribution in [0.4, 0.5) is 14.9 Å². The fourth-order valence-electron chi connectivity index (χ4n) is 2.33. The number of rotatable bonds is 6. The molecule has 2 amide bonds. The van der Waals surface area contributed by atoms with Crippen LogP contribution >= 0.6 is 0 Å². The van der Waals surface area contributed by atoms with Gasteiger partial charge < -0.3 is 19.8 Å². The van der Waals surface area contributed by atoms with Crippen LogP contribution in [0.25, 0.3) is 11.5 Å². The van der Waals surface area contributed by atoms with Crippen molar-refractivity contribution in [2.45, 2.75) is 6.42 Å². The van der Waals surface area contributed by atoms with E-state index in [1.54, 1.807) is 43.5 Å². The molecular formula is C19H18FN3O3. The molecule has 0 fully saturated rings. The van der Waals surface area contributed by atoms with E-state index in [1.807, 2.05) is 0 Å². The van der Waals surface area contributed by atoms with Gasteiger partial charge in [-0.1, -0.05) is 6.07 Å². The lowest BCUT2D eigenvalue weighted by atomic mass is 10.2. The highest BCUT2D eigenvalue weighted by Gasteiger charge is 2.08. The fraction of sp³-hybridized carbons (Fsp3) is 0.158. The molecule has 0 radical (unpaired) electrons. The molecule has 0 spiro atoms. The fourth-order valence-corrected chi connectivity index (χ4v) is 2.33. The lowest BCUT2D eigenvalue weighted by Gasteiger charge is -2.08. The molecule has 6 nitrogen and oxygen atoms in total. The summed E-state index contributed by atoms with van der Waals surface area (Å²) in [6, 6.07) is 12.7. The first-order valence-corrected chi connectivity index (χ1v) is 8.03. The number of oxazole rings is 1. The first kappa shape index (κ1) is 17.5. The molecule has 0 saturated carbocycles. The molecule has 0 unspecified atom stereocenters. The minimum atomic E-state index is -0.319. The highest BCUT2D eigenvalue weighted by molar-refractivity contribution is 5.89. The number of anilines is 1. The zero-order valence-corrected chi connectivity index (χ0v) is 14.2. The average molecular weight is 355 g/mol. The zero-order valence-electron chi connectivity index (χ0n) is 14.2. The van der Waals surface area contributed by atoms with E-state index in [2.05, 4.69) is 15.6 Å².